The maximum absolute atomic E-state index is 10.4. The van der Waals surface area contributed by atoms with Gasteiger partial charge in [0.05, 0.1) is 20.8 Å². The predicted octanol–water partition coefficient (Wildman–Crippen LogP) is 0.0654. The minimum absolute atomic E-state index is 0.0671. The molecule has 6 unspecified atom stereocenters. The van der Waals surface area contributed by atoms with E-state index < -0.39 is 37.3 Å². The predicted molar refractivity (Wildman–Crippen MR) is 126 cm³/mol. The van der Waals surface area contributed by atoms with E-state index in [0.29, 0.717) is 17.7 Å². The molecule has 0 bridgehead atoms. The molecule has 0 saturated carbocycles. The Morgan fingerprint density at radius 2 is 1.58 bits per heavy atom. The molecule has 2 aromatic carbocycles. The molecule has 6 N–H and O–H groups in total. The molecule has 2 heterocycles. The highest BCUT2D eigenvalue weighted by molar-refractivity contribution is 5.52. The van der Waals surface area contributed by atoms with E-state index in [-0.39, 0.29) is 29.0 Å². The lowest BCUT2D eigenvalue weighted by atomic mass is 9.88. The van der Waals surface area contributed by atoms with Crippen molar-refractivity contribution in [2.45, 2.75) is 49.6 Å². The fraction of sp³-hybridized carbons (Fsp3) is 0.520. The Bertz CT molecular complexity index is 1080. The molecular formula is C25H33NO10. The van der Waals surface area contributed by atoms with Crippen LogP contribution in [0.5, 0.6) is 28.7 Å². The molecule has 0 radical (unpaired) electrons. The molecule has 1 fully saturated rings. The number of nitrogens with zero attached hydrogens (tertiary/aromatic N) is 1. The smallest absolute Gasteiger partial charge is 0.229 e. The number of aromatic hydroxyl groups is 2. The summed E-state index contributed by atoms with van der Waals surface area (Å²) in [4.78, 5) is 2.15. The van der Waals surface area contributed by atoms with Crippen LogP contribution in [0.3, 0.4) is 0 Å². The maximum atomic E-state index is 10.4. The van der Waals surface area contributed by atoms with Crippen LogP contribution in [0.25, 0.3) is 0 Å². The van der Waals surface area contributed by atoms with Gasteiger partial charge >= 0.3 is 0 Å². The Kier molecular flexibility index (Phi) is 7.79. The molecular weight excluding hydrogens is 474 g/mol. The molecule has 36 heavy (non-hydrogen) atoms. The number of hydrogen-bond donors (Lipinski definition) is 6. The molecule has 6 atom stereocenters. The van der Waals surface area contributed by atoms with E-state index >= 15 is 0 Å². The number of ether oxygens (including phenoxy) is 4. The van der Waals surface area contributed by atoms with Crippen molar-refractivity contribution in [3.05, 3.63) is 41.0 Å². The number of aliphatic hydroxyl groups excluding tert-OH is 4. The summed E-state index contributed by atoms with van der Waals surface area (Å²) in [6, 6.07) is 6.30. The lowest BCUT2D eigenvalue weighted by Gasteiger charge is -2.40. The largest absolute Gasteiger partial charge is 0.504 e. The van der Waals surface area contributed by atoms with Crippen LogP contribution in [0.15, 0.2) is 24.3 Å². The summed E-state index contributed by atoms with van der Waals surface area (Å²) in [5, 5.41) is 60.8. The lowest BCUT2D eigenvalue weighted by Crippen LogP contribution is -2.60. The van der Waals surface area contributed by atoms with Gasteiger partial charge in [-0.2, -0.15) is 0 Å². The summed E-state index contributed by atoms with van der Waals surface area (Å²) in [6.07, 6.45) is -6.15. The zero-order valence-electron chi connectivity index (χ0n) is 20.4. The quantitative estimate of drug-likeness (QED) is 0.301. The topological polar surface area (TPSA) is 162 Å². The summed E-state index contributed by atoms with van der Waals surface area (Å²) in [5.74, 6) is 0.606. The Morgan fingerprint density at radius 3 is 2.25 bits per heavy atom. The van der Waals surface area contributed by atoms with Crippen molar-refractivity contribution in [3.8, 4) is 28.7 Å². The molecule has 0 aliphatic carbocycles. The van der Waals surface area contributed by atoms with Gasteiger partial charge in [0.2, 0.25) is 6.29 Å². The van der Waals surface area contributed by atoms with E-state index in [9.17, 15) is 30.6 Å². The van der Waals surface area contributed by atoms with Crippen LogP contribution in [0.2, 0.25) is 0 Å². The van der Waals surface area contributed by atoms with E-state index in [1.165, 1.54) is 20.3 Å². The number of fused-ring (bicyclic) bond motifs is 1. The number of methoxy groups -OCH3 is 2. The second kappa shape index (κ2) is 10.7. The minimum atomic E-state index is -1.61. The van der Waals surface area contributed by atoms with Gasteiger partial charge in [-0.15, -0.1) is 0 Å². The van der Waals surface area contributed by atoms with Crippen molar-refractivity contribution < 1.29 is 49.6 Å². The molecule has 1 saturated heterocycles. The average molecular weight is 508 g/mol. The summed E-state index contributed by atoms with van der Waals surface area (Å²) in [5.41, 5.74) is 2.56. The third-order valence-corrected chi connectivity index (χ3v) is 6.93. The van der Waals surface area contributed by atoms with Gasteiger partial charge in [-0.1, -0.05) is 0 Å². The van der Waals surface area contributed by atoms with Gasteiger partial charge in [-0.25, -0.2) is 0 Å². The van der Waals surface area contributed by atoms with E-state index in [1.54, 1.807) is 18.2 Å². The lowest BCUT2D eigenvalue weighted by molar-refractivity contribution is -0.277. The van der Waals surface area contributed by atoms with Gasteiger partial charge in [0.1, 0.15) is 30.2 Å². The zero-order chi connectivity index (χ0) is 26.1. The maximum Gasteiger partial charge on any atom is 0.229 e. The van der Waals surface area contributed by atoms with Gasteiger partial charge in [-0.05, 0) is 49.2 Å². The van der Waals surface area contributed by atoms with Crippen molar-refractivity contribution in [1.82, 2.24) is 4.90 Å². The van der Waals surface area contributed by atoms with Crippen LogP contribution >= 0.6 is 0 Å². The Labute approximate surface area is 208 Å². The average Bonchev–Trinajstić information content (AvgIpc) is 2.86. The number of aliphatic hydroxyl groups is 4. The molecule has 0 spiro atoms. The summed E-state index contributed by atoms with van der Waals surface area (Å²) >= 11 is 0. The van der Waals surface area contributed by atoms with Crippen molar-refractivity contribution >= 4 is 0 Å². The Balaban J connectivity index is 1.70. The fourth-order valence-electron chi connectivity index (χ4n) is 4.80. The van der Waals surface area contributed by atoms with Crippen LogP contribution in [0, 0.1) is 0 Å². The Morgan fingerprint density at radius 1 is 0.917 bits per heavy atom. The number of phenolic OH excluding ortho intramolecular Hbond substituents is 2. The number of likely N-dealkylation sites (N-methyl/N-ethyl adjacent to an activating group) is 1. The number of rotatable bonds is 7. The van der Waals surface area contributed by atoms with Gasteiger partial charge in [0.15, 0.2) is 23.0 Å². The third-order valence-electron chi connectivity index (χ3n) is 6.93. The van der Waals surface area contributed by atoms with Crippen molar-refractivity contribution in [2.24, 2.45) is 0 Å². The van der Waals surface area contributed by atoms with E-state index in [1.807, 2.05) is 7.05 Å². The van der Waals surface area contributed by atoms with Gasteiger partial charge in [-0.3, -0.25) is 4.90 Å². The van der Waals surface area contributed by atoms with Crippen LogP contribution in [0.1, 0.15) is 22.7 Å². The van der Waals surface area contributed by atoms with Gasteiger partial charge in [0.25, 0.3) is 0 Å². The highest BCUT2D eigenvalue weighted by Crippen LogP contribution is 2.42. The molecule has 0 aromatic heterocycles. The molecule has 2 aromatic rings. The monoisotopic (exact) mass is 507 g/mol. The zero-order valence-corrected chi connectivity index (χ0v) is 20.4. The van der Waals surface area contributed by atoms with E-state index in [4.69, 9.17) is 18.9 Å². The number of phenols is 2. The first kappa shape index (κ1) is 26.3. The Hall–Kier alpha value is -2.80. The molecule has 11 heteroatoms. The highest BCUT2D eigenvalue weighted by Gasteiger charge is 2.45. The molecule has 2 aliphatic rings. The first-order valence-electron chi connectivity index (χ1n) is 11.7. The molecule has 198 valence electrons. The van der Waals surface area contributed by atoms with Crippen molar-refractivity contribution in [1.29, 1.82) is 0 Å². The molecule has 11 nitrogen and oxygen atoms in total. The van der Waals surface area contributed by atoms with E-state index in [2.05, 4.69) is 4.90 Å². The summed E-state index contributed by atoms with van der Waals surface area (Å²) in [7, 11) is 4.88. The number of hydrogen-bond acceptors (Lipinski definition) is 11. The molecule has 0 amide bonds. The fourth-order valence-corrected chi connectivity index (χ4v) is 4.80. The van der Waals surface area contributed by atoms with Gasteiger partial charge < -0.3 is 49.6 Å². The highest BCUT2D eigenvalue weighted by atomic mass is 16.7. The minimum Gasteiger partial charge on any atom is -0.504 e. The first-order chi connectivity index (χ1) is 17.2. The standard InChI is InChI=1S/C25H33NO10/c1-26-5-4-12-7-16(28)20(34-3)9-14(12)15(26)6-13-8-19(33-2)17(29)10-18(13)35-25-24(32)23(31)22(30)21(11-27)36-25/h7-10,15,21-25,27-32H,4-6,11H2,1-3H3. The van der Waals surface area contributed by atoms with Crippen molar-refractivity contribution in [2.75, 3.05) is 34.4 Å². The van der Waals surface area contributed by atoms with Crippen molar-refractivity contribution in [3.63, 3.8) is 0 Å². The second-order valence-corrected chi connectivity index (χ2v) is 9.12. The normalized spacial score (nSPS) is 28.4. The number of benzene rings is 2. The first-order valence-corrected chi connectivity index (χ1v) is 11.7. The van der Waals surface area contributed by atoms with Crippen LogP contribution < -0.4 is 14.2 Å². The SMILES string of the molecule is COc1cc(CC2c3cc(OC)c(O)cc3CCN2C)c(OC2OC(CO)C(O)C(O)C2O)cc1O. The third kappa shape index (κ3) is 4.90. The second-order valence-electron chi connectivity index (χ2n) is 9.12. The summed E-state index contributed by atoms with van der Waals surface area (Å²) in [6.45, 7) is 0.144. The van der Waals surface area contributed by atoms with E-state index in [0.717, 1.165) is 24.1 Å². The molecule has 4 rings (SSSR count). The molecule has 2 aliphatic heterocycles. The van der Waals surface area contributed by atoms with Crippen LogP contribution in [0.4, 0.5) is 0 Å². The van der Waals surface area contributed by atoms with Gasteiger partial charge in [0, 0.05) is 24.2 Å². The van der Waals surface area contributed by atoms with Crippen LogP contribution in [-0.4, -0.2) is 101 Å². The summed E-state index contributed by atoms with van der Waals surface area (Å²) < 4.78 is 22.0. The van der Waals surface area contributed by atoms with Crippen LogP contribution in [-0.2, 0) is 17.6 Å².